The van der Waals surface area contributed by atoms with Gasteiger partial charge in [-0.15, -0.1) is 12.4 Å². The maximum Gasteiger partial charge on any atom is 0.166 e. The highest BCUT2D eigenvalue weighted by molar-refractivity contribution is 5.85. The van der Waals surface area contributed by atoms with Gasteiger partial charge in [-0.2, -0.15) is 0 Å². The van der Waals surface area contributed by atoms with Gasteiger partial charge in [0, 0.05) is 7.11 Å². The summed E-state index contributed by atoms with van der Waals surface area (Å²) in [5.41, 5.74) is 0. The summed E-state index contributed by atoms with van der Waals surface area (Å²) in [5, 5.41) is 0. The molecule has 3 nitrogen and oxygen atoms in total. The van der Waals surface area contributed by atoms with E-state index < -0.39 is 0 Å². The lowest BCUT2D eigenvalue weighted by atomic mass is 11.4. The van der Waals surface area contributed by atoms with Gasteiger partial charge < -0.3 is 4.74 Å². The van der Waals surface area contributed by atoms with E-state index in [0.717, 1.165) is 0 Å². The fourth-order valence-electron chi connectivity index (χ4n) is 0.0680. The number of halogens is 1. The van der Waals surface area contributed by atoms with Crippen LogP contribution in [-0.2, 0) is 9.57 Å². The maximum absolute atomic E-state index is 4.51. The van der Waals surface area contributed by atoms with Gasteiger partial charge in [0.1, 0.15) is 0 Å². The van der Waals surface area contributed by atoms with Crippen molar-refractivity contribution in [3.63, 3.8) is 0 Å². The largest absolute Gasteiger partial charge is 0.357 e. The van der Waals surface area contributed by atoms with Crippen LogP contribution in [0.15, 0.2) is 0 Å². The Balaban J connectivity index is 0. The Morgan fingerprint density at radius 1 is 1.67 bits per heavy atom. The van der Waals surface area contributed by atoms with Crippen LogP contribution < -0.4 is 5.90 Å². The van der Waals surface area contributed by atoms with Crippen LogP contribution >= 0.6 is 12.4 Å². The van der Waals surface area contributed by atoms with Crippen molar-refractivity contribution in [3.8, 4) is 0 Å². The van der Waals surface area contributed by atoms with Crippen LogP contribution in [0.3, 0.4) is 0 Å². The minimum absolute atomic E-state index is 0. The van der Waals surface area contributed by atoms with Crippen molar-refractivity contribution < 1.29 is 9.57 Å². The number of rotatable bonds is 2. The zero-order valence-electron chi connectivity index (χ0n) is 3.51. The van der Waals surface area contributed by atoms with E-state index in [1.165, 1.54) is 7.11 Å². The fourth-order valence-corrected chi connectivity index (χ4v) is 0.0680. The van der Waals surface area contributed by atoms with Crippen molar-refractivity contribution in [1.82, 2.24) is 0 Å². The Morgan fingerprint density at radius 2 is 2.17 bits per heavy atom. The zero-order valence-corrected chi connectivity index (χ0v) is 4.33. The number of hydrogen-bond donors (Lipinski definition) is 1. The van der Waals surface area contributed by atoms with Gasteiger partial charge in [0.2, 0.25) is 0 Å². The van der Waals surface area contributed by atoms with E-state index in [1.807, 2.05) is 0 Å². The Bertz CT molecular complexity index is 19.0. The highest BCUT2D eigenvalue weighted by atomic mass is 35.5. The third-order valence-electron chi connectivity index (χ3n) is 0.186. The smallest absolute Gasteiger partial charge is 0.166 e. The molecule has 0 aromatic heterocycles. The molecule has 6 heavy (non-hydrogen) atoms. The second-order valence-corrected chi connectivity index (χ2v) is 0.573. The molecule has 0 aromatic carbocycles. The zero-order chi connectivity index (χ0) is 4.12. The van der Waals surface area contributed by atoms with Gasteiger partial charge >= 0.3 is 0 Å². The van der Waals surface area contributed by atoms with Gasteiger partial charge in [-0.1, -0.05) is 0 Å². The van der Waals surface area contributed by atoms with Crippen molar-refractivity contribution >= 4 is 12.4 Å². The molecule has 0 amide bonds. The lowest BCUT2D eigenvalue weighted by Gasteiger charge is -1.87. The van der Waals surface area contributed by atoms with Gasteiger partial charge in [-0.3, -0.25) is 4.84 Å². The molecule has 0 aromatic rings. The molecule has 0 fully saturated rings. The molecule has 0 atom stereocenters. The van der Waals surface area contributed by atoms with Crippen LogP contribution in [0.25, 0.3) is 0 Å². The lowest BCUT2D eigenvalue weighted by molar-refractivity contribution is -0.0318. The molecule has 0 spiro atoms. The molecule has 0 saturated carbocycles. The molecular weight excluding hydrogens is 105 g/mol. The molecule has 0 aliphatic heterocycles. The van der Waals surface area contributed by atoms with Crippen LogP contribution in [0.5, 0.6) is 0 Å². The van der Waals surface area contributed by atoms with Gasteiger partial charge in [0.05, 0.1) is 0 Å². The number of methoxy groups -OCH3 is 1. The van der Waals surface area contributed by atoms with Crippen LogP contribution in [0, 0.1) is 0 Å². The molecule has 0 radical (unpaired) electrons. The average molecular weight is 114 g/mol. The van der Waals surface area contributed by atoms with Crippen molar-refractivity contribution in [2.45, 2.75) is 0 Å². The SMILES string of the molecule is COCON.Cl. The number of ether oxygens (including phenoxy) is 1. The summed E-state index contributed by atoms with van der Waals surface area (Å²) in [5.74, 6) is 4.51. The molecule has 40 valence electrons. The second kappa shape index (κ2) is 8.95. The molecule has 0 saturated heterocycles. The van der Waals surface area contributed by atoms with E-state index in [9.17, 15) is 0 Å². The lowest BCUT2D eigenvalue weighted by Crippen LogP contribution is -2.01. The molecule has 4 heteroatoms. The summed E-state index contributed by atoms with van der Waals surface area (Å²) >= 11 is 0. The van der Waals surface area contributed by atoms with Gasteiger partial charge in [-0.25, -0.2) is 5.90 Å². The molecule has 2 N–H and O–H groups in total. The molecule has 0 rings (SSSR count). The first-order valence-corrected chi connectivity index (χ1v) is 1.22. The predicted octanol–water partition coefficient (Wildman–Crippen LogP) is -0.0976. The minimum atomic E-state index is 0. The fraction of sp³-hybridized carbons (Fsp3) is 1.00. The molecule has 0 aliphatic rings. The highest BCUT2D eigenvalue weighted by Gasteiger charge is 1.63. The summed E-state index contributed by atoms with van der Waals surface area (Å²) in [6.45, 7) is 0.167. The monoisotopic (exact) mass is 113 g/mol. The van der Waals surface area contributed by atoms with Gasteiger partial charge in [-0.05, 0) is 0 Å². The van der Waals surface area contributed by atoms with E-state index in [0.29, 0.717) is 0 Å². The van der Waals surface area contributed by atoms with Crippen LogP contribution in [0.2, 0.25) is 0 Å². The minimum Gasteiger partial charge on any atom is -0.357 e. The summed E-state index contributed by atoms with van der Waals surface area (Å²) in [6, 6.07) is 0. The van der Waals surface area contributed by atoms with Crippen molar-refractivity contribution in [2.75, 3.05) is 13.9 Å². The summed E-state index contributed by atoms with van der Waals surface area (Å²) in [7, 11) is 1.51. The maximum atomic E-state index is 4.51. The molecule has 0 aliphatic carbocycles. The average Bonchev–Trinajstić information content (AvgIpc) is 1.41. The molecule has 0 unspecified atom stereocenters. The summed E-state index contributed by atoms with van der Waals surface area (Å²) < 4.78 is 4.34. The molecular formula is C2H8ClNO2. The third kappa shape index (κ3) is 8.90. The van der Waals surface area contributed by atoms with Gasteiger partial charge in [0.25, 0.3) is 0 Å². The Kier molecular flexibility index (Phi) is 14.1. The molecule has 0 bridgehead atoms. The first-order chi connectivity index (χ1) is 2.41. The number of hydrogen-bond acceptors (Lipinski definition) is 3. The van der Waals surface area contributed by atoms with Crippen LogP contribution in [-0.4, -0.2) is 13.9 Å². The topological polar surface area (TPSA) is 44.5 Å². The first kappa shape index (κ1) is 9.48. The Hall–Kier alpha value is 0.170. The molecule has 0 heterocycles. The second-order valence-electron chi connectivity index (χ2n) is 0.573. The van der Waals surface area contributed by atoms with E-state index >= 15 is 0 Å². The predicted molar refractivity (Wildman–Crippen MR) is 24.4 cm³/mol. The van der Waals surface area contributed by atoms with E-state index in [1.54, 1.807) is 0 Å². The summed E-state index contributed by atoms with van der Waals surface area (Å²) in [6.07, 6.45) is 0. The van der Waals surface area contributed by atoms with E-state index in [4.69, 9.17) is 0 Å². The summed E-state index contributed by atoms with van der Waals surface area (Å²) in [4.78, 5) is 3.97. The third-order valence-corrected chi connectivity index (χ3v) is 0.186. The quantitative estimate of drug-likeness (QED) is 0.402. The van der Waals surface area contributed by atoms with Gasteiger partial charge in [0.15, 0.2) is 6.79 Å². The first-order valence-electron chi connectivity index (χ1n) is 1.22. The number of nitrogens with two attached hydrogens (primary N) is 1. The Morgan fingerprint density at radius 3 is 2.17 bits per heavy atom. The Labute approximate surface area is 42.8 Å². The van der Waals surface area contributed by atoms with E-state index in [2.05, 4.69) is 15.5 Å². The van der Waals surface area contributed by atoms with E-state index in [-0.39, 0.29) is 19.2 Å². The van der Waals surface area contributed by atoms with Crippen LogP contribution in [0.4, 0.5) is 0 Å². The van der Waals surface area contributed by atoms with Crippen molar-refractivity contribution in [3.05, 3.63) is 0 Å². The van der Waals surface area contributed by atoms with Crippen LogP contribution in [0.1, 0.15) is 0 Å². The standard InChI is InChI=1S/C2H7NO2.ClH/c1-4-2-5-3;/h2-3H2,1H3;1H. The highest BCUT2D eigenvalue weighted by Crippen LogP contribution is 1.56. The van der Waals surface area contributed by atoms with Crippen molar-refractivity contribution in [2.24, 2.45) is 5.90 Å². The normalized spacial score (nSPS) is 7.00. The van der Waals surface area contributed by atoms with Crippen molar-refractivity contribution in [1.29, 1.82) is 0 Å².